The van der Waals surface area contributed by atoms with Gasteiger partial charge in [-0.05, 0) is 18.6 Å². The van der Waals surface area contributed by atoms with E-state index < -0.39 is 10.0 Å². The van der Waals surface area contributed by atoms with Gasteiger partial charge < -0.3 is 0 Å². The Labute approximate surface area is 104 Å². The van der Waals surface area contributed by atoms with E-state index >= 15 is 0 Å². The third kappa shape index (κ3) is 3.46. The van der Waals surface area contributed by atoms with Gasteiger partial charge in [0.05, 0.1) is 16.8 Å². The molecule has 1 aromatic heterocycles. The molecule has 0 amide bonds. The third-order valence-corrected chi connectivity index (χ3v) is 5.21. The van der Waals surface area contributed by atoms with E-state index in [0.717, 1.165) is 11.3 Å². The standard InChI is InChI=1S/C9H11ClN2O2S2/c1-2-7(5-6-11)12-16(13,14)9-4-3-8(10)15-9/h3-4,7,12H,2,5H2,1H3. The monoisotopic (exact) mass is 278 g/mol. The molecule has 0 spiro atoms. The summed E-state index contributed by atoms with van der Waals surface area (Å²) in [5.41, 5.74) is 0. The average molecular weight is 279 g/mol. The molecule has 16 heavy (non-hydrogen) atoms. The highest BCUT2D eigenvalue weighted by Gasteiger charge is 2.20. The fourth-order valence-electron chi connectivity index (χ4n) is 1.10. The van der Waals surface area contributed by atoms with E-state index in [1.54, 1.807) is 0 Å². The van der Waals surface area contributed by atoms with E-state index in [0.29, 0.717) is 10.8 Å². The van der Waals surface area contributed by atoms with Crippen molar-refractivity contribution < 1.29 is 8.42 Å². The lowest BCUT2D eigenvalue weighted by molar-refractivity contribution is 0.545. The van der Waals surface area contributed by atoms with Crippen LogP contribution < -0.4 is 4.72 Å². The Hall–Kier alpha value is -0.610. The molecule has 0 aromatic carbocycles. The van der Waals surface area contributed by atoms with Crippen molar-refractivity contribution in [3.05, 3.63) is 16.5 Å². The minimum atomic E-state index is -3.54. The molecule has 1 aromatic rings. The maximum absolute atomic E-state index is 11.8. The smallest absolute Gasteiger partial charge is 0.206 e. The van der Waals surface area contributed by atoms with Gasteiger partial charge in [0.2, 0.25) is 10.0 Å². The fourth-order valence-corrected chi connectivity index (χ4v) is 3.92. The van der Waals surface area contributed by atoms with Gasteiger partial charge in [-0.1, -0.05) is 18.5 Å². The number of sulfonamides is 1. The Morgan fingerprint density at radius 1 is 1.62 bits per heavy atom. The average Bonchev–Trinajstić information content (AvgIpc) is 2.64. The van der Waals surface area contributed by atoms with Gasteiger partial charge >= 0.3 is 0 Å². The summed E-state index contributed by atoms with van der Waals surface area (Å²) in [7, 11) is -3.54. The first-order chi connectivity index (χ1) is 7.49. The van der Waals surface area contributed by atoms with Crippen molar-refractivity contribution in [3.63, 3.8) is 0 Å². The van der Waals surface area contributed by atoms with Gasteiger partial charge in [0.25, 0.3) is 0 Å². The van der Waals surface area contributed by atoms with Crippen LogP contribution in [0.1, 0.15) is 19.8 Å². The second-order valence-electron chi connectivity index (χ2n) is 3.15. The van der Waals surface area contributed by atoms with Crippen LogP contribution in [-0.4, -0.2) is 14.5 Å². The molecule has 4 nitrogen and oxygen atoms in total. The van der Waals surface area contributed by atoms with Crippen molar-refractivity contribution in [2.45, 2.75) is 30.0 Å². The van der Waals surface area contributed by atoms with Gasteiger partial charge in [-0.25, -0.2) is 13.1 Å². The van der Waals surface area contributed by atoms with E-state index in [2.05, 4.69) is 4.72 Å². The molecule has 0 fully saturated rings. The Morgan fingerprint density at radius 2 is 2.31 bits per heavy atom. The Balaban J connectivity index is 2.83. The van der Waals surface area contributed by atoms with E-state index in [4.69, 9.17) is 16.9 Å². The van der Waals surface area contributed by atoms with Gasteiger partial charge in [0.1, 0.15) is 4.21 Å². The molecular formula is C9H11ClN2O2S2. The molecule has 0 saturated heterocycles. The normalized spacial score (nSPS) is 13.3. The Bertz CT molecular complexity index is 490. The number of hydrogen-bond donors (Lipinski definition) is 1. The number of nitrogens with zero attached hydrogens (tertiary/aromatic N) is 1. The topological polar surface area (TPSA) is 70.0 Å². The number of rotatable bonds is 5. The molecule has 0 aliphatic heterocycles. The first-order valence-electron chi connectivity index (χ1n) is 4.64. The summed E-state index contributed by atoms with van der Waals surface area (Å²) in [6, 6.07) is 4.58. The van der Waals surface area contributed by atoms with Crippen LogP contribution in [-0.2, 0) is 10.0 Å². The second kappa shape index (κ2) is 5.64. The van der Waals surface area contributed by atoms with Crippen LogP contribution in [0, 0.1) is 11.3 Å². The van der Waals surface area contributed by atoms with Crippen molar-refractivity contribution in [1.29, 1.82) is 5.26 Å². The Kier molecular flexibility index (Phi) is 4.74. The number of nitrogens with one attached hydrogen (secondary N) is 1. The summed E-state index contributed by atoms with van der Waals surface area (Å²) >= 11 is 6.67. The zero-order valence-electron chi connectivity index (χ0n) is 8.60. The van der Waals surface area contributed by atoms with E-state index in [-0.39, 0.29) is 16.7 Å². The van der Waals surface area contributed by atoms with Gasteiger partial charge in [-0.2, -0.15) is 5.26 Å². The highest BCUT2D eigenvalue weighted by Crippen LogP contribution is 2.25. The molecule has 1 heterocycles. The van der Waals surface area contributed by atoms with Crippen molar-refractivity contribution in [2.75, 3.05) is 0 Å². The molecule has 1 N–H and O–H groups in total. The van der Waals surface area contributed by atoms with Crippen molar-refractivity contribution >= 4 is 33.0 Å². The first kappa shape index (κ1) is 13.5. The van der Waals surface area contributed by atoms with Crippen LogP contribution in [0.25, 0.3) is 0 Å². The molecule has 0 bridgehead atoms. The molecule has 0 aliphatic carbocycles. The zero-order valence-corrected chi connectivity index (χ0v) is 11.0. The molecule has 7 heteroatoms. The van der Waals surface area contributed by atoms with E-state index in [1.807, 2.05) is 13.0 Å². The maximum atomic E-state index is 11.8. The molecular weight excluding hydrogens is 268 g/mol. The lowest BCUT2D eigenvalue weighted by Crippen LogP contribution is -2.33. The summed E-state index contributed by atoms with van der Waals surface area (Å²) in [5, 5.41) is 8.54. The van der Waals surface area contributed by atoms with Gasteiger partial charge in [-0.15, -0.1) is 11.3 Å². The highest BCUT2D eigenvalue weighted by molar-refractivity contribution is 7.91. The summed E-state index contributed by atoms with van der Waals surface area (Å²) in [4.78, 5) is 0. The maximum Gasteiger partial charge on any atom is 0.250 e. The lowest BCUT2D eigenvalue weighted by atomic mass is 10.2. The number of thiophene rings is 1. The molecule has 1 rings (SSSR count). The highest BCUT2D eigenvalue weighted by atomic mass is 35.5. The third-order valence-electron chi connectivity index (χ3n) is 1.97. The van der Waals surface area contributed by atoms with Crippen LogP contribution in [0.4, 0.5) is 0 Å². The molecule has 0 aliphatic rings. The molecule has 1 atom stereocenters. The largest absolute Gasteiger partial charge is 0.250 e. The molecule has 1 unspecified atom stereocenters. The number of hydrogen-bond acceptors (Lipinski definition) is 4. The number of nitriles is 1. The fraction of sp³-hybridized carbons (Fsp3) is 0.444. The van der Waals surface area contributed by atoms with Crippen LogP contribution in [0.15, 0.2) is 16.3 Å². The van der Waals surface area contributed by atoms with Crippen molar-refractivity contribution in [1.82, 2.24) is 4.72 Å². The lowest BCUT2D eigenvalue weighted by Gasteiger charge is -2.12. The van der Waals surface area contributed by atoms with Crippen LogP contribution >= 0.6 is 22.9 Å². The summed E-state index contributed by atoms with van der Waals surface area (Å²) in [5.74, 6) is 0. The predicted octanol–water partition coefficient (Wildman–Crippen LogP) is 2.37. The van der Waals surface area contributed by atoms with E-state index in [9.17, 15) is 8.42 Å². The molecule has 0 radical (unpaired) electrons. The predicted molar refractivity (Wildman–Crippen MR) is 64.0 cm³/mol. The summed E-state index contributed by atoms with van der Waals surface area (Å²) in [6.07, 6.45) is 0.737. The minimum absolute atomic E-state index is 0.162. The SMILES string of the molecule is CCC(CC#N)NS(=O)(=O)c1ccc(Cl)s1. The minimum Gasteiger partial charge on any atom is -0.206 e. The van der Waals surface area contributed by atoms with Gasteiger partial charge in [-0.3, -0.25) is 0 Å². The summed E-state index contributed by atoms with van der Waals surface area (Å²) in [6.45, 7) is 1.83. The van der Waals surface area contributed by atoms with Crippen molar-refractivity contribution in [2.24, 2.45) is 0 Å². The van der Waals surface area contributed by atoms with E-state index in [1.165, 1.54) is 12.1 Å². The van der Waals surface area contributed by atoms with Crippen LogP contribution in [0.3, 0.4) is 0 Å². The first-order valence-corrected chi connectivity index (χ1v) is 7.32. The second-order valence-corrected chi connectivity index (χ2v) is 6.80. The number of halogens is 1. The quantitative estimate of drug-likeness (QED) is 0.899. The van der Waals surface area contributed by atoms with Crippen molar-refractivity contribution in [3.8, 4) is 6.07 Å². The van der Waals surface area contributed by atoms with Gasteiger partial charge in [0.15, 0.2) is 0 Å². The summed E-state index contributed by atoms with van der Waals surface area (Å²) < 4.78 is 26.7. The van der Waals surface area contributed by atoms with Crippen LogP contribution in [0.2, 0.25) is 4.34 Å². The Morgan fingerprint density at radius 3 is 2.75 bits per heavy atom. The molecule has 0 saturated carbocycles. The van der Waals surface area contributed by atoms with Gasteiger partial charge in [0, 0.05) is 6.04 Å². The van der Waals surface area contributed by atoms with Crippen LogP contribution in [0.5, 0.6) is 0 Å². The zero-order chi connectivity index (χ0) is 12.2. The molecule has 88 valence electrons.